The number of aromatic hydroxyl groups is 1. The number of phenolic OH excluding ortho intramolecular Hbond substituents is 1. The summed E-state index contributed by atoms with van der Waals surface area (Å²) in [5.74, 6) is 5.91. The van der Waals surface area contributed by atoms with Crippen molar-refractivity contribution in [3.05, 3.63) is 77.9 Å². The van der Waals surface area contributed by atoms with E-state index >= 15 is 0 Å². The zero-order valence-corrected chi connectivity index (χ0v) is 19.1. The molecule has 2 aromatic carbocycles. The number of carbonyl (C=O) groups is 1. The first kappa shape index (κ1) is 24.4. The number of ether oxygens (including phenoxy) is 1. The lowest BCUT2D eigenvalue weighted by atomic mass is 9.95. The molecule has 176 valence electrons. The summed E-state index contributed by atoms with van der Waals surface area (Å²) < 4.78 is 4.92. The summed E-state index contributed by atoms with van der Waals surface area (Å²) in [6, 6.07) is 15.4. The number of hydrogen-bond acceptors (Lipinski definition) is 7. The summed E-state index contributed by atoms with van der Waals surface area (Å²) in [5.41, 5.74) is 5.48. The van der Waals surface area contributed by atoms with Crippen LogP contribution in [0.3, 0.4) is 0 Å². The summed E-state index contributed by atoms with van der Waals surface area (Å²) >= 11 is 0. The minimum absolute atomic E-state index is 0.00258. The summed E-state index contributed by atoms with van der Waals surface area (Å²) in [5, 5.41) is 10.1. The maximum atomic E-state index is 11.6. The lowest BCUT2D eigenvalue weighted by molar-refractivity contribution is -0.141. The molecule has 3 rings (SSSR count). The van der Waals surface area contributed by atoms with Crippen LogP contribution in [0.2, 0.25) is 0 Å². The minimum Gasteiger partial charge on any atom is -0.508 e. The highest BCUT2D eigenvalue weighted by Crippen LogP contribution is 2.31. The van der Waals surface area contributed by atoms with Crippen LogP contribution in [-0.4, -0.2) is 72.6 Å². The molecule has 0 aliphatic carbocycles. The summed E-state index contributed by atoms with van der Waals surface area (Å²) in [6.07, 6.45) is 1.94. The molecule has 0 bridgehead atoms. The fraction of sp³-hybridized carbons (Fsp3) is 0.360. The molecule has 1 fully saturated rings. The van der Waals surface area contributed by atoms with Crippen LogP contribution >= 0.6 is 0 Å². The third-order valence-electron chi connectivity index (χ3n) is 5.65. The molecule has 0 amide bonds. The van der Waals surface area contributed by atoms with Crippen molar-refractivity contribution in [3.63, 3.8) is 0 Å². The molecule has 1 unspecified atom stereocenters. The highest BCUT2D eigenvalue weighted by atomic mass is 16.5. The van der Waals surface area contributed by atoms with E-state index in [-0.39, 0.29) is 18.3 Å². The first-order valence-electron chi connectivity index (χ1n) is 11.2. The zero-order valence-electron chi connectivity index (χ0n) is 19.1. The molecule has 8 heteroatoms. The van der Waals surface area contributed by atoms with E-state index < -0.39 is 5.97 Å². The number of aliphatic imine (C=N–C) groups is 1. The Morgan fingerprint density at radius 1 is 1.21 bits per heavy atom. The topological polar surface area (TPSA) is 103 Å². The third kappa shape index (κ3) is 6.64. The van der Waals surface area contributed by atoms with Crippen molar-refractivity contribution >= 4 is 11.8 Å². The van der Waals surface area contributed by atoms with Crippen LogP contribution in [0.15, 0.2) is 66.2 Å². The molecular formula is C25H33N5O3. The number of nitrogens with zero attached hydrogens (tertiary/aromatic N) is 3. The molecule has 4 N–H and O–H groups in total. The van der Waals surface area contributed by atoms with Gasteiger partial charge in [0, 0.05) is 38.3 Å². The summed E-state index contributed by atoms with van der Waals surface area (Å²) in [7, 11) is 0. The second-order valence-electron chi connectivity index (χ2n) is 7.86. The predicted octanol–water partition coefficient (Wildman–Crippen LogP) is 2.06. The van der Waals surface area contributed by atoms with Crippen LogP contribution in [0.25, 0.3) is 0 Å². The van der Waals surface area contributed by atoms with E-state index in [0.29, 0.717) is 12.4 Å². The zero-order chi connectivity index (χ0) is 23.6. The standard InChI is InChI=1S/C25H33N5O3/c1-3-12-29-13-15-30(16-14-29)24(21-6-5-7-22(31)17-21)19-8-10-20(11-9-19)25(28-26)27-18-23(32)33-4-2/h3,5-11,17,24,31H,1,4,12-16,18,26H2,2H3,(H,27,28). The van der Waals surface area contributed by atoms with Gasteiger partial charge in [0.25, 0.3) is 0 Å². The van der Waals surface area contributed by atoms with Gasteiger partial charge < -0.3 is 15.3 Å². The largest absolute Gasteiger partial charge is 0.508 e. The van der Waals surface area contributed by atoms with Gasteiger partial charge in [0.05, 0.1) is 12.6 Å². The number of phenols is 1. The van der Waals surface area contributed by atoms with Gasteiger partial charge in [-0.15, -0.1) is 6.58 Å². The number of piperazine rings is 1. The Bertz CT molecular complexity index is 953. The van der Waals surface area contributed by atoms with E-state index in [1.54, 1.807) is 13.0 Å². The molecule has 0 spiro atoms. The summed E-state index contributed by atoms with van der Waals surface area (Å²) in [4.78, 5) is 20.7. The van der Waals surface area contributed by atoms with Gasteiger partial charge in [-0.05, 0) is 30.2 Å². The van der Waals surface area contributed by atoms with E-state index in [4.69, 9.17) is 10.6 Å². The van der Waals surface area contributed by atoms with Crippen LogP contribution in [0.1, 0.15) is 29.7 Å². The van der Waals surface area contributed by atoms with Gasteiger partial charge in [-0.3, -0.25) is 19.6 Å². The number of benzene rings is 2. The lowest BCUT2D eigenvalue weighted by Gasteiger charge is -2.39. The maximum Gasteiger partial charge on any atom is 0.327 e. The summed E-state index contributed by atoms with van der Waals surface area (Å²) in [6.45, 7) is 10.4. The van der Waals surface area contributed by atoms with Gasteiger partial charge >= 0.3 is 5.97 Å². The van der Waals surface area contributed by atoms with Gasteiger partial charge in [0.1, 0.15) is 18.1 Å². The average molecular weight is 452 g/mol. The molecule has 8 nitrogen and oxygen atoms in total. The number of rotatable bonds is 9. The number of amidine groups is 1. The molecule has 2 aromatic rings. The van der Waals surface area contributed by atoms with Crippen LogP contribution in [0.4, 0.5) is 0 Å². The normalized spacial score (nSPS) is 16.2. The van der Waals surface area contributed by atoms with Crippen LogP contribution in [-0.2, 0) is 9.53 Å². The number of hydrogen-bond donors (Lipinski definition) is 3. The SMILES string of the molecule is C=CCN1CCN(C(c2ccc(C(=NCC(=O)OCC)NN)cc2)c2cccc(O)c2)CC1. The van der Waals surface area contributed by atoms with Gasteiger partial charge in [0.15, 0.2) is 0 Å². The number of esters is 1. The minimum atomic E-state index is -0.401. The van der Waals surface area contributed by atoms with Gasteiger partial charge in [-0.1, -0.05) is 42.5 Å². The number of hydrazine groups is 1. The van der Waals surface area contributed by atoms with Gasteiger partial charge in [-0.2, -0.15) is 0 Å². The van der Waals surface area contributed by atoms with Gasteiger partial charge in [-0.25, -0.2) is 5.84 Å². The van der Waals surface area contributed by atoms with Crippen molar-refractivity contribution in [1.82, 2.24) is 15.2 Å². The molecule has 0 saturated carbocycles. The van der Waals surface area contributed by atoms with Crippen molar-refractivity contribution in [1.29, 1.82) is 0 Å². The van der Waals surface area contributed by atoms with Crippen LogP contribution in [0, 0.1) is 0 Å². The van der Waals surface area contributed by atoms with E-state index in [1.807, 2.05) is 48.5 Å². The Labute approximate surface area is 195 Å². The smallest absolute Gasteiger partial charge is 0.327 e. The van der Waals surface area contributed by atoms with E-state index in [1.165, 1.54) is 0 Å². The molecule has 33 heavy (non-hydrogen) atoms. The Morgan fingerprint density at radius 3 is 2.55 bits per heavy atom. The van der Waals surface area contributed by atoms with Crippen molar-refractivity contribution in [3.8, 4) is 5.75 Å². The molecular weight excluding hydrogens is 418 g/mol. The first-order valence-corrected chi connectivity index (χ1v) is 11.2. The fourth-order valence-corrected chi connectivity index (χ4v) is 4.09. The quantitative estimate of drug-likeness (QED) is 0.134. The number of nitrogens with one attached hydrogen (secondary N) is 1. The van der Waals surface area contributed by atoms with E-state index in [0.717, 1.165) is 49.4 Å². The van der Waals surface area contributed by atoms with Gasteiger partial charge in [0.2, 0.25) is 0 Å². The lowest BCUT2D eigenvalue weighted by Crippen LogP contribution is -2.47. The molecule has 1 saturated heterocycles. The molecule has 1 aliphatic heterocycles. The Kier molecular flexibility index (Phi) is 9.00. The molecule has 1 atom stereocenters. The molecule has 0 radical (unpaired) electrons. The number of carbonyl (C=O) groups excluding carboxylic acids is 1. The molecule has 1 aliphatic rings. The predicted molar refractivity (Wildman–Crippen MR) is 130 cm³/mol. The van der Waals surface area contributed by atoms with Crippen LogP contribution in [0.5, 0.6) is 5.75 Å². The Hall–Kier alpha value is -3.20. The molecule has 1 heterocycles. The Morgan fingerprint density at radius 2 is 1.94 bits per heavy atom. The fourth-order valence-electron chi connectivity index (χ4n) is 4.09. The maximum absolute atomic E-state index is 11.6. The van der Waals surface area contributed by atoms with E-state index in [2.05, 4.69) is 26.8 Å². The van der Waals surface area contributed by atoms with Crippen molar-refractivity contribution in [2.45, 2.75) is 13.0 Å². The van der Waals surface area contributed by atoms with Crippen LogP contribution < -0.4 is 11.3 Å². The number of nitrogens with two attached hydrogens (primary N) is 1. The van der Waals surface area contributed by atoms with Crippen molar-refractivity contribution < 1.29 is 14.6 Å². The molecule has 0 aromatic heterocycles. The van der Waals surface area contributed by atoms with E-state index in [9.17, 15) is 9.90 Å². The van der Waals surface area contributed by atoms with Crippen molar-refractivity contribution in [2.24, 2.45) is 10.8 Å². The second kappa shape index (κ2) is 12.2. The highest BCUT2D eigenvalue weighted by Gasteiger charge is 2.26. The second-order valence-corrected chi connectivity index (χ2v) is 7.86. The Balaban J connectivity index is 1.84. The average Bonchev–Trinajstić information content (AvgIpc) is 2.82. The third-order valence-corrected chi connectivity index (χ3v) is 5.65. The van der Waals surface area contributed by atoms with Crippen molar-refractivity contribution in [2.75, 3.05) is 45.9 Å². The highest BCUT2D eigenvalue weighted by molar-refractivity contribution is 5.99. The monoisotopic (exact) mass is 451 g/mol. The first-order chi connectivity index (χ1) is 16.0.